The Hall–Kier alpha value is -5.12. The van der Waals surface area contributed by atoms with E-state index >= 15 is 8.78 Å². The fourth-order valence-corrected chi connectivity index (χ4v) is 7.12. The van der Waals surface area contributed by atoms with Crippen molar-refractivity contribution in [2.45, 2.75) is 79.1 Å². The largest absolute Gasteiger partial charge is 0.507 e. The molecule has 0 saturated heterocycles. The first-order valence-electron chi connectivity index (χ1n) is 18.9. The number of nitrogens with zero attached hydrogens (tertiary/aromatic N) is 2. The van der Waals surface area contributed by atoms with Gasteiger partial charge in [0, 0.05) is 59.9 Å². The quantitative estimate of drug-likeness (QED) is 0.106. The molecule has 0 spiro atoms. The lowest BCUT2D eigenvalue weighted by molar-refractivity contribution is -0.114. The number of aromatic hydroxyl groups is 1. The van der Waals surface area contributed by atoms with E-state index in [9.17, 15) is 28.6 Å². The molecule has 0 fully saturated rings. The maximum Gasteiger partial charge on any atom is 0.202 e. The smallest absolute Gasteiger partial charge is 0.202 e. The van der Waals surface area contributed by atoms with E-state index in [1.807, 2.05) is 13.8 Å². The molecule has 0 radical (unpaired) electrons. The van der Waals surface area contributed by atoms with Crippen LogP contribution in [0.2, 0.25) is 0 Å². The van der Waals surface area contributed by atoms with Gasteiger partial charge in [0.15, 0.2) is 5.78 Å². The Kier molecular flexibility index (Phi) is 13.2. The Morgan fingerprint density at radius 3 is 1.70 bits per heavy atom. The highest BCUT2D eigenvalue weighted by Crippen LogP contribution is 2.44. The topological polar surface area (TPSA) is 81.1 Å². The van der Waals surface area contributed by atoms with Gasteiger partial charge in [-0.2, -0.15) is 0 Å². The predicted molar refractivity (Wildman–Crippen MR) is 206 cm³/mol. The summed E-state index contributed by atoms with van der Waals surface area (Å²) < 4.78 is 57.9. The third-order valence-electron chi connectivity index (χ3n) is 10.4. The molecule has 0 aromatic heterocycles. The van der Waals surface area contributed by atoms with Gasteiger partial charge in [-0.15, -0.1) is 0 Å². The van der Waals surface area contributed by atoms with Crippen molar-refractivity contribution in [1.29, 1.82) is 0 Å². The van der Waals surface area contributed by atoms with Gasteiger partial charge in [0.25, 0.3) is 0 Å². The molecule has 54 heavy (non-hydrogen) atoms. The summed E-state index contributed by atoms with van der Waals surface area (Å²) in [5.41, 5.74) is 0.592. The number of Topliss-reactive ketones (excluding diaryl/α,β-unsaturated/α-hetero) is 1. The highest BCUT2D eigenvalue weighted by Gasteiger charge is 2.40. The summed E-state index contributed by atoms with van der Waals surface area (Å²) in [6.45, 7) is 9.03. The Morgan fingerprint density at radius 1 is 0.667 bits per heavy atom. The van der Waals surface area contributed by atoms with E-state index in [4.69, 9.17) is 0 Å². The molecular weight excluding hydrogens is 696 g/mol. The third-order valence-corrected chi connectivity index (χ3v) is 10.4. The van der Waals surface area contributed by atoms with Gasteiger partial charge in [-0.25, -0.2) is 17.6 Å². The van der Waals surface area contributed by atoms with Gasteiger partial charge < -0.3 is 20.0 Å². The van der Waals surface area contributed by atoms with Crippen LogP contribution in [0.1, 0.15) is 84.6 Å². The highest BCUT2D eigenvalue weighted by molar-refractivity contribution is 6.41. The number of hydrogen-bond acceptors (Lipinski definition) is 6. The second kappa shape index (κ2) is 17.8. The first-order chi connectivity index (χ1) is 25.9. The second-order valence-electron chi connectivity index (χ2n) is 14.1. The van der Waals surface area contributed by atoms with E-state index in [-0.39, 0.29) is 51.2 Å². The van der Waals surface area contributed by atoms with Crippen LogP contribution < -0.4 is 9.80 Å². The van der Waals surface area contributed by atoms with E-state index < -0.39 is 40.6 Å². The normalized spacial score (nSPS) is 16.7. The first-order valence-corrected chi connectivity index (χ1v) is 18.9. The number of halogens is 4. The Labute approximate surface area is 314 Å². The first kappa shape index (κ1) is 40.1. The van der Waals surface area contributed by atoms with Crippen molar-refractivity contribution in [3.05, 3.63) is 124 Å². The van der Waals surface area contributed by atoms with Crippen molar-refractivity contribution in [1.82, 2.24) is 0 Å². The van der Waals surface area contributed by atoms with Crippen molar-refractivity contribution in [3.63, 3.8) is 0 Å². The number of phenols is 1. The van der Waals surface area contributed by atoms with Crippen LogP contribution in [0.4, 0.5) is 34.6 Å². The Morgan fingerprint density at radius 2 is 1.22 bits per heavy atom. The van der Waals surface area contributed by atoms with Crippen molar-refractivity contribution >= 4 is 34.2 Å². The molecule has 6 nitrogen and oxygen atoms in total. The number of phenolic OH excluding ortho intramolecular Hbond substituents is 1. The molecule has 2 atom stereocenters. The van der Waals surface area contributed by atoms with Crippen LogP contribution in [-0.4, -0.2) is 34.9 Å². The molecule has 2 N–H and O–H groups in total. The zero-order valence-electron chi connectivity index (χ0n) is 31.3. The average Bonchev–Trinajstić information content (AvgIpc) is 3.14. The zero-order chi connectivity index (χ0) is 39.1. The second-order valence-corrected chi connectivity index (χ2v) is 14.1. The van der Waals surface area contributed by atoms with Gasteiger partial charge in [0.1, 0.15) is 34.8 Å². The molecule has 2 aliphatic carbocycles. The molecule has 0 saturated carbocycles. The van der Waals surface area contributed by atoms with Crippen molar-refractivity contribution < 1.29 is 37.4 Å². The molecule has 2 aliphatic rings. The number of anilines is 3. The minimum atomic E-state index is -0.774. The fraction of sp³-hybridized carbons (Fsp3) is 0.364. The molecule has 286 valence electrons. The van der Waals surface area contributed by atoms with E-state index in [1.165, 1.54) is 42.5 Å². The van der Waals surface area contributed by atoms with Gasteiger partial charge >= 0.3 is 0 Å². The average molecular weight is 745 g/mol. The SMILES string of the molecule is CCCCC(CC)CN(C1=CC(=O)/C(=C2/C(=O)C(c3ccc(N(CC(CC)CCCC)c4ccc(F)cc4F)cc3O)=C2O)C=C1)c1ccc(F)cc1F. The van der Waals surface area contributed by atoms with E-state index in [0.29, 0.717) is 24.5 Å². The summed E-state index contributed by atoms with van der Waals surface area (Å²) >= 11 is 0. The number of aliphatic hydroxyl groups excluding tert-OH is 1. The molecule has 3 aromatic carbocycles. The van der Waals surface area contributed by atoms with Gasteiger partial charge in [-0.05, 0) is 73.2 Å². The highest BCUT2D eigenvalue weighted by atomic mass is 19.1. The van der Waals surface area contributed by atoms with E-state index in [0.717, 1.165) is 69.6 Å². The van der Waals surface area contributed by atoms with Crippen LogP contribution in [-0.2, 0) is 9.59 Å². The maximum atomic E-state index is 15.1. The van der Waals surface area contributed by atoms with Crippen LogP contribution in [0, 0.1) is 35.1 Å². The minimum absolute atomic E-state index is 0.0299. The fourth-order valence-electron chi connectivity index (χ4n) is 7.12. The summed E-state index contributed by atoms with van der Waals surface area (Å²) in [4.78, 5) is 30.5. The van der Waals surface area contributed by atoms with E-state index in [1.54, 1.807) is 21.9 Å². The maximum absolute atomic E-state index is 15.1. The van der Waals surface area contributed by atoms with Gasteiger partial charge in [0.05, 0.1) is 22.5 Å². The molecule has 0 amide bonds. The molecule has 0 heterocycles. The lowest BCUT2D eigenvalue weighted by atomic mass is 9.79. The molecule has 0 bridgehead atoms. The van der Waals surface area contributed by atoms with Crippen LogP contribution in [0.3, 0.4) is 0 Å². The van der Waals surface area contributed by atoms with Crippen molar-refractivity contribution in [3.8, 4) is 5.75 Å². The number of allylic oxidation sites excluding steroid dienone is 6. The molecule has 2 unspecified atom stereocenters. The van der Waals surface area contributed by atoms with Crippen LogP contribution in [0.25, 0.3) is 5.57 Å². The van der Waals surface area contributed by atoms with Crippen LogP contribution in [0.15, 0.2) is 95.4 Å². The molecule has 3 aromatic rings. The number of carbonyl (C=O) groups is 2. The number of unbranched alkanes of at least 4 members (excludes halogenated alkanes) is 2. The number of rotatable bonds is 17. The third kappa shape index (κ3) is 8.64. The Bertz CT molecular complexity index is 2020. The predicted octanol–water partition coefficient (Wildman–Crippen LogP) is 11.2. The number of hydrogen-bond donors (Lipinski definition) is 2. The van der Waals surface area contributed by atoms with Crippen molar-refractivity contribution in [2.75, 3.05) is 22.9 Å². The van der Waals surface area contributed by atoms with Crippen LogP contribution >= 0.6 is 0 Å². The lowest BCUT2D eigenvalue weighted by Gasteiger charge is -2.32. The van der Waals surface area contributed by atoms with Gasteiger partial charge in [-0.3, -0.25) is 9.59 Å². The van der Waals surface area contributed by atoms with E-state index in [2.05, 4.69) is 13.8 Å². The zero-order valence-corrected chi connectivity index (χ0v) is 31.3. The monoisotopic (exact) mass is 744 g/mol. The summed E-state index contributed by atoms with van der Waals surface area (Å²) in [5.74, 6) is -4.68. The summed E-state index contributed by atoms with van der Waals surface area (Å²) in [6, 6.07) is 11.0. The van der Waals surface area contributed by atoms with Crippen LogP contribution in [0.5, 0.6) is 5.75 Å². The summed E-state index contributed by atoms with van der Waals surface area (Å²) in [5, 5.41) is 22.4. The Balaban J connectivity index is 1.46. The summed E-state index contributed by atoms with van der Waals surface area (Å²) in [6.07, 6.45) is 11.6. The molecule has 10 heteroatoms. The summed E-state index contributed by atoms with van der Waals surface area (Å²) in [7, 11) is 0. The van der Waals surface area contributed by atoms with Gasteiger partial charge in [-0.1, -0.05) is 66.2 Å². The molecule has 5 rings (SSSR count). The minimum Gasteiger partial charge on any atom is -0.507 e. The molecule has 0 aliphatic heterocycles. The standard InChI is InChI=1S/C44H48F4N2O4/c1-5-9-11-27(7-3)25-49(37-19-13-29(45)21-35(37)47)31-15-17-33(39(51)23-31)41-43(53)42(44(41)54)34-18-16-32(24-40(34)52)50(26-28(8-4)12-10-6-2)38-20-14-30(46)22-36(38)48/h13-24,27-28,51,53H,5-12,25-26H2,1-4H3/b42-34+. The van der Waals surface area contributed by atoms with Gasteiger partial charge in [0.2, 0.25) is 5.78 Å². The van der Waals surface area contributed by atoms with Crippen molar-refractivity contribution in [2.24, 2.45) is 11.8 Å². The number of ketones is 2. The lowest BCUT2D eigenvalue weighted by Crippen LogP contribution is -2.31. The molecular formula is C44H48F4N2O4. The number of carbonyl (C=O) groups excluding carboxylic acids is 2. The number of benzene rings is 3. The number of aliphatic hydroxyl groups is 1.